The highest BCUT2D eigenvalue weighted by molar-refractivity contribution is 7.92. The van der Waals surface area contributed by atoms with Crippen LogP contribution in [0.4, 0.5) is 0 Å². The number of nitrogens with one attached hydrogen (secondary N) is 1. The average molecular weight is 233 g/mol. The second-order valence-corrected chi connectivity index (χ2v) is 8.42. The maximum Gasteiger partial charge on any atom is 0.154 e. The smallest absolute Gasteiger partial charge is 0.154 e. The normalized spacial score (nSPS) is 23.9. The van der Waals surface area contributed by atoms with Gasteiger partial charge in [-0.1, -0.05) is 27.7 Å². The van der Waals surface area contributed by atoms with Gasteiger partial charge in [0.2, 0.25) is 0 Å². The van der Waals surface area contributed by atoms with Gasteiger partial charge in [-0.25, -0.2) is 8.42 Å². The minimum atomic E-state index is -2.96. The Balaban J connectivity index is 2.75. The first-order valence-corrected chi connectivity index (χ1v) is 7.40. The Morgan fingerprint density at radius 1 is 1.27 bits per heavy atom. The van der Waals surface area contributed by atoms with Crippen LogP contribution in [-0.4, -0.2) is 32.0 Å². The van der Waals surface area contributed by atoms with Gasteiger partial charge in [0, 0.05) is 18.8 Å². The predicted octanol–water partition coefficient (Wildman–Crippen LogP) is 1.59. The number of rotatable bonds is 4. The van der Waals surface area contributed by atoms with Crippen LogP contribution >= 0.6 is 0 Å². The zero-order valence-corrected chi connectivity index (χ0v) is 11.2. The number of sulfone groups is 1. The second kappa shape index (κ2) is 3.74. The molecule has 1 aliphatic rings. The van der Waals surface area contributed by atoms with Crippen LogP contribution in [0.3, 0.4) is 0 Å². The highest BCUT2D eigenvalue weighted by atomic mass is 32.2. The molecular formula is C11H23NO2S. The summed E-state index contributed by atoms with van der Waals surface area (Å²) in [6.07, 6.45) is 2.92. The highest BCUT2D eigenvalue weighted by Crippen LogP contribution is 2.51. The van der Waals surface area contributed by atoms with Crippen molar-refractivity contribution in [3.05, 3.63) is 0 Å². The van der Waals surface area contributed by atoms with Crippen molar-refractivity contribution in [3.8, 4) is 0 Å². The fourth-order valence-corrected chi connectivity index (χ4v) is 4.25. The number of hydrogen-bond acceptors (Lipinski definition) is 3. The lowest BCUT2D eigenvalue weighted by Crippen LogP contribution is -2.60. The van der Waals surface area contributed by atoms with Gasteiger partial charge in [-0.2, -0.15) is 0 Å². The molecule has 15 heavy (non-hydrogen) atoms. The van der Waals surface area contributed by atoms with E-state index in [1.165, 1.54) is 6.26 Å². The Bertz CT molecular complexity index is 322. The summed E-state index contributed by atoms with van der Waals surface area (Å²) in [4.78, 5) is 0. The van der Waals surface area contributed by atoms with Gasteiger partial charge >= 0.3 is 0 Å². The van der Waals surface area contributed by atoms with Gasteiger partial charge in [0.05, 0.1) is 4.75 Å². The van der Waals surface area contributed by atoms with Crippen LogP contribution in [0.1, 0.15) is 40.5 Å². The van der Waals surface area contributed by atoms with E-state index in [9.17, 15) is 8.42 Å². The third kappa shape index (κ3) is 2.72. The van der Waals surface area contributed by atoms with Crippen molar-refractivity contribution in [2.45, 2.75) is 51.3 Å². The first kappa shape index (κ1) is 13.0. The van der Waals surface area contributed by atoms with Crippen LogP contribution in [0.2, 0.25) is 0 Å². The molecule has 0 amide bonds. The maximum atomic E-state index is 11.8. The van der Waals surface area contributed by atoms with E-state index in [1.807, 2.05) is 13.8 Å². The SMILES string of the molecule is CC(C)NCC1(S(C)(=O)=O)CC(C)(C)C1. The van der Waals surface area contributed by atoms with Gasteiger partial charge in [-0.05, 0) is 18.3 Å². The van der Waals surface area contributed by atoms with Crippen molar-refractivity contribution in [1.82, 2.24) is 5.32 Å². The summed E-state index contributed by atoms with van der Waals surface area (Å²) in [5.41, 5.74) is 0.182. The Kier molecular flexibility index (Phi) is 3.23. The molecule has 0 spiro atoms. The van der Waals surface area contributed by atoms with E-state index in [-0.39, 0.29) is 5.41 Å². The molecule has 0 saturated heterocycles. The summed E-state index contributed by atoms with van der Waals surface area (Å²) < 4.78 is 23.1. The zero-order chi connectivity index (χ0) is 11.9. The van der Waals surface area contributed by atoms with Crippen molar-refractivity contribution in [2.24, 2.45) is 5.41 Å². The standard InChI is InChI=1S/C11H23NO2S/c1-9(2)12-8-11(15(5,13)14)6-10(3,4)7-11/h9,12H,6-8H2,1-5H3. The van der Waals surface area contributed by atoms with E-state index in [0.717, 1.165) is 12.8 Å². The number of hydrogen-bond donors (Lipinski definition) is 1. The molecule has 90 valence electrons. The monoisotopic (exact) mass is 233 g/mol. The lowest BCUT2D eigenvalue weighted by molar-refractivity contribution is 0.115. The fraction of sp³-hybridized carbons (Fsp3) is 1.00. The molecule has 0 unspecified atom stereocenters. The molecule has 0 radical (unpaired) electrons. The third-order valence-electron chi connectivity index (χ3n) is 3.22. The molecule has 3 nitrogen and oxygen atoms in total. The van der Waals surface area contributed by atoms with Crippen molar-refractivity contribution in [3.63, 3.8) is 0 Å². The van der Waals surface area contributed by atoms with E-state index >= 15 is 0 Å². The minimum Gasteiger partial charge on any atom is -0.313 e. The van der Waals surface area contributed by atoms with Crippen molar-refractivity contribution < 1.29 is 8.42 Å². The van der Waals surface area contributed by atoms with E-state index in [0.29, 0.717) is 12.6 Å². The molecular weight excluding hydrogens is 210 g/mol. The minimum absolute atomic E-state index is 0.182. The summed E-state index contributed by atoms with van der Waals surface area (Å²) in [5, 5.41) is 3.25. The van der Waals surface area contributed by atoms with E-state index in [2.05, 4.69) is 19.2 Å². The Labute approximate surface area is 93.6 Å². The Morgan fingerprint density at radius 3 is 2.00 bits per heavy atom. The summed E-state index contributed by atoms with van der Waals surface area (Å²) in [7, 11) is -2.96. The zero-order valence-electron chi connectivity index (χ0n) is 10.4. The lowest BCUT2D eigenvalue weighted by atomic mass is 9.63. The van der Waals surface area contributed by atoms with Crippen LogP contribution in [0.25, 0.3) is 0 Å². The molecule has 0 aliphatic heterocycles. The van der Waals surface area contributed by atoms with Crippen molar-refractivity contribution in [2.75, 3.05) is 12.8 Å². The first-order valence-electron chi connectivity index (χ1n) is 5.51. The largest absolute Gasteiger partial charge is 0.313 e. The molecule has 1 N–H and O–H groups in total. The summed E-state index contributed by atoms with van der Waals surface area (Å²) in [5.74, 6) is 0. The maximum absolute atomic E-state index is 11.8. The van der Waals surface area contributed by atoms with E-state index in [1.54, 1.807) is 0 Å². The molecule has 1 saturated carbocycles. The molecule has 0 aromatic rings. The van der Waals surface area contributed by atoms with Crippen molar-refractivity contribution in [1.29, 1.82) is 0 Å². The Morgan fingerprint density at radius 2 is 1.73 bits per heavy atom. The van der Waals surface area contributed by atoms with Crippen LogP contribution in [0.5, 0.6) is 0 Å². The molecule has 0 heterocycles. The summed E-state index contributed by atoms with van der Waals surface area (Å²) >= 11 is 0. The molecule has 1 fully saturated rings. The molecule has 0 atom stereocenters. The average Bonchev–Trinajstić information content (AvgIpc) is 1.93. The van der Waals surface area contributed by atoms with Gasteiger partial charge in [0.15, 0.2) is 9.84 Å². The van der Waals surface area contributed by atoms with Crippen molar-refractivity contribution >= 4 is 9.84 Å². The molecule has 1 rings (SSSR count). The molecule has 0 aromatic carbocycles. The van der Waals surface area contributed by atoms with E-state index in [4.69, 9.17) is 0 Å². The van der Waals surface area contributed by atoms with Crippen LogP contribution in [0.15, 0.2) is 0 Å². The highest BCUT2D eigenvalue weighted by Gasteiger charge is 2.55. The predicted molar refractivity (Wildman–Crippen MR) is 63.7 cm³/mol. The topological polar surface area (TPSA) is 46.2 Å². The van der Waals surface area contributed by atoms with Gasteiger partial charge in [0.25, 0.3) is 0 Å². The molecule has 1 aliphatic carbocycles. The van der Waals surface area contributed by atoms with Crippen LogP contribution in [0, 0.1) is 5.41 Å². The summed E-state index contributed by atoms with van der Waals surface area (Å²) in [6, 6.07) is 0.340. The molecule has 0 bridgehead atoms. The van der Waals surface area contributed by atoms with Gasteiger partial charge in [-0.3, -0.25) is 0 Å². The molecule has 4 heteroatoms. The first-order chi connectivity index (χ1) is 6.58. The van der Waals surface area contributed by atoms with Crippen LogP contribution < -0.4 is 5.32 Å². The van der Waals surface area contributed by atoms with Gasteiger partial charge in [-0.15, -0.1) is 0 Å². The second-order valence-electron chi connectivity index (χ2n) is 6.01. The summed E-state index contributed by atoms with van der Waals surface area (Å²) in [6.45, 7) is 8.93. The third-order valence-corrected chi connectivity index (χ3v) is 5.23. The van der Waals surface area contributed by atoms with Gasteiger partial charge in [0.1, 0.15) is 0 Å². The lowest BCUT2D eigenvalue weighted by Gasteiger charge is -2.52. The van der Waals surface area contributed by atoms with Crippen LogP contribution in [-0.2, 0) is 9.84 Å². The molecule has 0 aromatic heterocycles. The van der Waals surface area contributed by atoms with Gasteiger partial charge < -0.3 is 5.32 Å². The fourth-order valence-electron chi connectivity index (χ4n) is 2.60. The Hall–Kier alpha value is -0.0900. The van der Waals surface area contributed by atoms with E-state index < -0.39 is 14.6 Å². The quantitative estimate of drug-likeness (QED) is 0.802.